The van der Waals surface area contributed by atoms with Gasteiger partial charge in [0.25, 0.3) is 0 Å². The van der Waals surface area contributed by atoms with Crippen molar-refractivity contribution in [3.63, 3.8) is 0 Å². The number of urea groups is 1. The van der Waals surface area contributed by atoms with Crippen LogP contribution >= 0.6 is 0 Å². The van der Waals surface area contributed by atoms with Crippen molar-refractivity contribution in [1.29, 1.82) is 5.26 Å². The average Bonchev–Trinajstić information content (AvgIpc) is 3.45. The first-order valence-electron chi connectivity index (χ1n) is 12.2. The second-order valence-electron chi connectivity index (χ2n) is 11.3. The summed E-state index contributed by atoms with van der Waals surface area (Å²) in [7, 11) is 0. The highest BCUT2D eigenvalue weighted by atomic mass is 19.1. The predicted molar refractivity (Wildman–Crippen MR) is 118 cm³/mol. The van der Waals surface area contributed by atoms with Gasteiger partial charge in [0.05, 0.1) is 17.7 Å². The van der Waals surface area contributed by atoms with Gasteiger partial charge in [0.1, 0.15) is 12.4 Å². The maximum absolute atomic E-state index is 14.1. The van der Waals surface area contributed by atoms with E-state index in [9.17, 15) is 9.18 Å². The van der Waals surface area contributed by atoms with E-state index in [1.165, 1.54) is 25.0 Å². The average molecular weight is 463 g/mol. The molecule has 8 nitrogen and oxygen atoms in total. The fourth-order valence-electron chi connectivity index (χ4n) is 6.47. The molecule has 0 bridgehead atoms. The maximum Gasteiger partial charge on any atom is 0.320 e. The number of carbonyl (C=O) groups excluding carboxylic acids is 1. The van der Waals surface area contributed by atoms with Gasteiger partial charge in [-0.3, -0.25) is 0 Å². The second kappa shape index (κ2) is 6.94. The molecule has 2 spiro atoms. The molecule has 0 unspecified atom stereocenters. The zero-order valence-electron chi connectivity index (χ0n) is 19.0. The molecular formula is C25H27FN6O2. The van der Waals surface area contributed by atoms with Gasteiger partial charge in [-0.25, -0.2) is 18.9 Å². The molecule has 0 radical (unpaired) electrons. The number of ether oxygens (including phenoxy) is 1. The summed E-state index contributed by atoms with van der Waals surface area (Å²) in [6.07, 6.45) is 8.13. The van der Waals surface area contributed by atoms with E-state index >= 15 is 0 Å². The number of nitriles is 1. The van der Waals surface area contributed by atoms with Crippen molar-refractivity contribution in [1.82, 2.24) is 24.6 Å². The minimum atomic E-state index is -0.498. The summed E-state index contributed by atoms with van der Waals surface area (Å²) in [6.45, 7) is 3.21. The summed E-state index contributed by atoms with van der Waals surface area (Å²) in [6, 6.07) is 6.80. The number of carbonyl (C=O) groups is 1. The molecule has 5 fully saturated rings. The number of likely N-dealkylation sites (tertiary alicyclic amines) is 2. The number of hydrogen-bond acceptors (Lipinski definition) is 5. The normalized spacial score (nSPS) is 24.7. The monoisotopic (exact) mass is 462 g/mol. The van der Waals surface area contributed by atoms with Crippen LogP contribution in [0.3, 0.4) is 0 Å². The van der Waals surface area contributed by atoms with Gasteiger partial charge >= 0.3 is 6.03 Å². The van der Waals surface area contributed by atoms with Crippen LogP contribution in [0, 0.1) is 28.0 Å². The molecule has 3 aliphatic carbocycles. The van der Waals surface area contributed by atoms with Crippen molar-refractivity contribution >= 4 is 6.03 Å². The lowest BCUT2D eigenvalue weighted by Gasteiger charge is -2.63. The molecule has 2 aromatic rings. The lowest BCUT2D eigenvalue weighted by molar-refractivity contribution is -0.121. The van der Waals surface area contributed by atoms with Crippen molar-refractivity contribution in [3.05, 3.63) is 41.7 Å². The van der Waals surface area contributed by atoms with Crippen LogP contribution in [0.4, 0.5) is 9.18 Å². The standard InChI is InChI=1S/C25H27FN6O2/c26-20-5-16(10-27)1-4-21(20)34-19-8-25(9-19)13-31(14-25)23(33)30-11-24(12-30)6-18(7-24)32-15-28-22(29-32)17-2-3-17/h1,4-5,15,17-19H,2-3,6-9,11-14H2. The number of halogens is 1. The van der Waals surface area contributed by atoms with Crippen molar-refractivity contribution in [2.24, 2.45) is 10.8 Å². The molecule has 7 rings (SSSR count). The number of nitrogens with zero attached hydrogens (tertiary/aromatic N) is 6. The van der Waals surface area contributed by atoms with Gasteiger partial charge in [0.15, 0.2) is 17.4 Å². The third-order valence-electron chi connectivity index (χ3n) is 8.50. The van der Waals surface area contributed by atoms with Crippen LogP contribution in [0.15, 0.2) is 24.5 Å². The van der Waals surface area contributed by atoms with Gasteiger partial charge < -0.3 is 14.5 Å². The molecule has 1 aromatic carbocycles. The highest BCUT2D eigenvalue weighted by Crippen LogP contribution is 2.55. The molecule has 0 atom stereocenters. The van der Waals surface area contributed by atoms with Crippen LogP contribution in [0.2, 0.25) is 0 Å². The zero-order valence-corrected chi connectivity index (χ0v) is 19.0. The second-order valence-corrected chi connectivity index (χ2v) is 11.3. The van der Waals surface area contributed by atoms with Gasteiger partial charge in [-0.1, -0.05) is 0 Å². The molecule has 176 valence electrons. The Balaban J connectivity index is 0.854. The molecule has 2 saturated heterocycles. The highest BCUT2D eigenvalue weighted by molar-refractivity contribution is 5.77. The number of aromatic nitrogens is 3. The van der Waals surface area contributed by atoms with Crippen LogP contribution in [0.5, 0.6) is 5.75 Å². The lowest BCUT2D eigenvalue weighted by Crippen LogP contribution is -2.71. The Bertz CT molecular complexity index is 1190. The van der Waals surface area contributed by atoms with E-state index in [2.05, 4.69) is 10.1 Å². The molecule has 0 N–H and O–H groups in total. The number of benzene rings is 1. The van der Waals surface area contributed by atoms with Crippen molar-refractivity contribution in [2.45, 2.75) is 56.6 Å². The van der Waals surface area contributed by atoms with Crippen molar-refractivity contribution in [3.8, 4) is 11.8 Å². The first-order chi connectivity index (χ1) is 16.4. The largest absolute Gasteiger partial charge is 0.487 e. The lowest BCUT2D eigenvalue weighted by atomic mass is 9.60. The minimum absolute atomic E-state index is 0.0314. The van der Waals surface area contributed by atoms with E-state index in [-0.39, 0.29) is 34.3 Å². The molecule has 9 heteroatoms. The fourth-order valence-corrected chi connectivity index (χ4v) is 6.47. The highest BCUT2D eigenvalue weighted by Gasteiger charge is 2.59. The van der Waals surface area contributed by atoms with E-state index in [1.807, 2.05) is 26.9 Å². The predicted octanol–water partition coefficient (Wildman–Crippen LogP) is 3.47. The topological polar surface area (TPSA) is 87.3 Å². The Labute approximate surface area is 197 Å². The smallest absolute Gasteiger partial charge is 0.320 e. The third-order valence-corrected chi connectivity index (χ3v) is 8.50. The Kier molecular flexibility index (Phi) is 4.13. The molecule has 5 aliphatic rings. The third kappa shape index (κ3) is 3.18. The number of hydrogen-bond donors (Lipinski definition) is 0. The van der Waals surface area contributed by atoms with E-state index < -0.39 is 5.82 Å². The van der Waals surface area contributed by atoms with Gasteiger partial charge in [0, 0.05) is 42.9 Å². The number of rotatable bonds is 4. The minimum Gasteiger partial charge on any atom is -0.487 e. The fraction of sp³-hybridized carbons (Fsp3) is 0.600. The van der Waals surface area contributed by atoms with Gasteiger partial charge in [-0.2, -0.15) is 10.4 Å². The van der Waals surface area contributed by atoms with Crippen LogP contribution in [-0.4, -0.2) is 62.9 Å². The SMILES string of the molecule is N#Cc1ccc(OC2CC3(C2)CN(C(=O)N2CC4(CC(n5cnc(C6CC6)n5)C4)C2)C3)c(F)c1. The summed E-state index contributed by atoms with van der Waals surface area (Å²) in [5.74, 6) is 1.29. The molecule has 1 aromatic heterocycles. The molecule has 3 saturated carbocycles. The maximum atomic E-state index is 14.1. The van der Waals surface area contributed by atoms with E-state index in [4.69, 9.17) is 10.00 Å². The molecule has 2 aliphatic heterocycles. The summed E-state index contributed by atoms with van der Waals surface area (Å²) >= 11 is 0. The van der Waals surface area contributed by atoms with E-state index in [0.717, 1.165) is 57.7 Å². The first kappa shape index (κ1) is 20.2. The Morgan fingerprint density at radius 1 is 1.09 bits per heavy atom. The van der Waals surface area contributed by atoms with Gasteiger partial charge in [0.2, 0.25) is 0 Å². The summed E-state index contributed by atoms with van der Waals surface area (Å²) in [4.78, 5) is 21.3. The molecule has 2 amide bonds. The summed E-state index contributed by atoms with van der Waals surface area (Å²) in [5.41, 5.74) is 0.684. The zero-order chi connectivity index (χ0) is 23.1. The van der Waals surface area contributed by atoms with Crippen LogP contribution in [0.25, 0.3) is 0 Å². The van der Waals surface area contributed by atoms with Crippen molar-refractivity contribution in [2.75, 3.05) is 26.2 Å². The van der Waals surface area contributed by atoms with Crippen LogP contribution in [0.1, 0.15) is 61.9 Å². The molecular weight excluding hydrogens is 435 g/mol. The molecule has 3 heterocycles. The van der Waals surface area contributed by atoms with Gasteiger partial charge in [-0.15, -0.1) is 0 Å². The Morgan fingerprint density at radius 3 is 2.38 bits per heavy atom. The van der Waals surface area contributed by atoms with E-state index in [0.29, 0.717) is 12.0 Å². The Hall–Kier alpha value is -3.15. The van der Waals surface area contributed by atoms with E-state index in [1.54, 1.807) is 6.07 Å². The van der Waals surface area contributed by atoms with Crippen LogP contribution in [-0.2, 0) is 0 Å². The van der Waals surface area contributed by atoms with Gasteiger partial charge in [-0.05, 0) is 56.7 Å². The van der Waals surface area contributed by atoms with Crippen molar-refractivity contribution < 1.29 is 13.9 Å². The number of amides is 2. The molecule has 34 heavy (non-hydrogen) atoms. The Morgan fingerprint density at radius 2 is 1.76 bits per heavy atom. The first-order valence-corrected chi connectivity index (χ1v) is 12.2. The summed E-state index contributed by atoms with van der Waals surface area (Å²) in [5, 5.41) is 13.5. The quantitative estimate of drug-likeness (QED) is 0.694. The summed E-state index contributed by atoms with van der Waals surface area (Å²) < 4.78 is 21.9. The van der Waals surface area contributed by atoms with Crippen LogP contribution < -0.4 is 4.74 Å².